The number of hydrogen-bond donors (Lipinski definition) is 1. The summed E-state index contributed by atoms with van der Waals surface area (Å²) >= 11 is 5.90. The molecule has 0 fully saturated rings. The first-order valence-electron chi connectivity index (χ1n) is 4.40. The lowest BCUT2D eigenvalue weighted by molar-refractivity contribution is 0.886. The van der Waals surface area contributed by atoms with Crippen molar-refractivity contribution in [3.63, 3.8) is 0 Å². The topological polar surface area (TPSA) is 46.5 Å². The Kier molecular flexibility index (Phi) is 1.76. The molecule has 5 heteroatoms. The molecule has 2 aromatic heterocycles. The van der Waals surface area contributed by atoms with Crippen LogP contribution in [-0.4, -0.2) is 19.7 Å². The van der Waals surface area contributed by atoms with Crippen molar-refractivity contribution in [2.45, 2.75) is 0 Å². The van der Waals surface area contributed by atoms with Crippen LogP contribution in [0.5, 0.6) is 0 Å². The Labute approximate surface area is 90.5 Å². The Balaban J connectivity index is 2.17. The molecule has 4 nitrogen and oxygen atoms in total. The number of H-pyrrole nitrogens is 1. The summed E-state index contributed by atoms with van der Waals surface area (Å²) in [6, 6.07) is 7.48. The summed E-state index contributed by atoms with van der Waals surface area (Å²) < 4.78 is 1.73. The van der Waals surface area contributed by atoms with E-state index in [1.807, 2.05) is 30.5 Å². The Bertz CT molecular complexity index is 582. The van der Waals surface area contributed by atoms with E-state index in [0.717, 1.165) is 11.2 Å². The lowest BCUT2D eigenvalue weighted by Gasteiger charge is -1.99. The maximum absolute atomic E-state index is 5.90. The number of nitrogens with zero attached hydrogens (tertiary/aromatic N) is 3. The van der Waals surface area contributed by atoms with Gasteiger partial charge in [-0.3, -0.25) is 0 Å². The molecule has 2 heterocycles. The van der Waals surface area contributed by atoms with Crippen LogP contribution in [0.4, 0.5) is 0 Å². The van der Waals surface area contributed by atoms with E-state index in [1.165, 1.54) is 0 Å². The first-order chi connectivity index (χ1) is 7.33. The Morgan fingerprint density at radius 1 is 1.40 bits per heavy atom. The van der Waals surface area contributed by atoms with Gasteiger partial charge in [0.15, 0.2) is 12.0 Å². The summed E-state index contributed by atoms with van der Waals surface area (Å²) in [6.45, 7) is 0. The zero-order valence-corrected chi connectivity index (χ0v) is 8.36. The number of nitrogens with one attached hydrogen (secondary N) is 1. The van der Waals surface area contributed by atoms with E-state index >= 15 is 0 Å². The van der Waals surface area contributed by atoms with Gasteiger partial charge in [0.2, 0.25) is 0 Å². The first kappa shape index (κ1) is 8.49. The molecule has 1 N–H and O–H groups in total. The van der Waals surface area contributed by atoms with E-state index in [2.05, 4.69) is 21.4 Å². The molecule has 0 saturated heterocycles. The fourth-order valence-electron chi connectivity index (χ4n) is 1.43. The number of rotatable bonds is 1. The average molecular weight is 218 g/mol. The highest BCUT2D eigenvalue weighted by molar-refractivity contribution is 6.30. The molecule has 73 valence electrons. The summed E-state index contributed by atoms with van der Waals surface area (Å²) in [5.41, 5.74) is 2.42. The molecule has 0 spiro atoms. The molecule has 0 saturated carbocycles. The summed E-state index contributed by atoms with van der Waals surface area (Å²) in [7, 11) is 0. The van der Waals surface area contributed by atoms with Gasteiger partial charge in [0.1, 0.15) is 5.52 Å². The van der Waals surface area contributed by atoms with Gasteiger partial charge in [-0.05, 0) is 18.2 Å². The minimum atomic E-state index is 0.648. The van der Waals surface area contributed by atoms with Crippen LogP contribution >= 0.6 is 11.6 Å². The van der Waals surface area contributed by atoms with Gasteiger partial charge >= 0.3 is 0 Å². The van der Waals surface area contributed by atoms with Gasteiger partial charge in [0.25, 0.3) is 0 Å². The Hall–Kier alpha value is -1.81. The smallest absolute Gasteiger partial charge is 0.200 e. The molecule has 3 rings (SSSR count). The van der Waals surface area contributed by atoms with E-state index in [0.29, 0.717) is 10.7 Å². The van der Waals surface area contributed by atoms with Crippen LogP contribution in [0.15, 0.2) is 30.5 Å². The van der Waals surface area contributed by atoms with Crippen molar-refractivity contribution >= 4 is 22.8 Å². The third-order valence-corrected chi connectivity index (χ3v) is 2.35. The molecule has 1 aromatic carbocycles. The molecule has 0 atom stereocenters. The van der Waals surface area contributed by atoms with Crippen molar-refractivity contribution in [1.82, 2.24) is 19.7 Å². The van der Waals surface area contributed by atoms with Crippen LogP contribution in [0.25, 0.3) is 16.9 Å². The first-order valence-corrected chi connectivity index (χ1v) is 4.78. The highest BCUT2D eigenvalue weighted by Crippen LogP contribution is 2.16. The van der Waals surface area contributed by atoms with E-state index in [4.69, 9.17) is 11.6 Å². The zero-order chi connectivity index (χ0) is 10.3. The number of imidazole rings is 1. The number of benzene rings is 1. The van der Waals surface area contributed by atoms with Crippen LogP contribution < -0.4 is 0 Å². The predicted octanol–water partition coefficient (Wildman–Crippen LogP) is 2.20. The van der Waals surface area contributed by atoms with Crippen molar-refractivity contribution in [2.75, 3.05) is 0 Å². The van der Waals surface area contributed by atoms with Crippen molar-refractivity contribution in [2.24, 2.45) is 0 Å². The summed E-state index contributed by atoms with van der Waals surface area (Å²) in [4.78, 5) is 6.81. The quantitative estimate of drug-likeness (QED) is 0.679. The summed E-state index contributed by atoms with van der Waals surface area (Å²) in [6.07, 6.45) is 4.48. The van der Waals surface area contributed by atoms with Gasteiger partial charge in [0, 0.05) is 5.02 Å². The van der Waals surface area contributed by atoms with Gasteiger partial charge in [-0.1, -0.05) is 17.7 Å². The minimum absolute atomic E-state index is 0.648. The summed E-state index contributed by atoms with van der Waals surface area (Å²) in [5.74, 6) is 0. The maximum atomic E-state index is 5.90. The van der Waals surface area contributed by atoms with Crippen molar-refractivity contribution < 1.29 is 0 Å². The normalized spacial score (nSPS) is 11.0. The van der Waals surface area contributed by atoms with Crippen molar-refractivity contribution in [3.05, 3.63) is 41.8 Å². The lowest BCUT2D eigenvalue weighted by atomic mass is 10.3. The van der Waals surface area contributed by atoms with Crippen LogP contribution in [0.2, 0.25) is 5.02 Å². The Morgan fingerprint density at radius 3 is 3.13 bits per heavy atom. The van der Waals surface area contributed by atoms with Crippen molar-refractivity contribution in [1.29, 1.82) is 0 Å². The minimum Gasteiger partial charge on any atom is -0.333 e. The second kappa shape index (κ2) is 3.10. The van der Waals surface area contributed by atoms with Crippen LogP contribution in [0.3, 0.4) is 0 Å². The molecule has 3 aromatic rings. The van der Waals surface area contributed by atoms with E-state index < -0.39 is 0 Å². The molecule has 0 unspecified atom stereocenters. The van der Waals surface area contributed by atoms with E-state index in [1.54, 1.807) is 4.68 Å². The molecule has 0 amide bonds. The predicted molar refractivity (Wildman–Crippen MR) is 57.1 cm³/mol. The number of aromatic nitrogens is 4. The zero-order valence-electron chi connectivity index (χ0n) is 7.61. The van der Waals surface area contributed by atoms with Crippen LogP contribution in [0, 0.1) is 6.33 Å². The number of aromatic amines is 1. The fourth-order valence-corrected chi connectivity index (χ4v) is 1.61. The second-order valence-corrected chi connectivity index (χ2v) is 3.58. The average Bonchev–Trinajstić information content (AvgIpc) is 2.76. The highest BCUT2D eigenvalue weighted by Gasteiger charge is 2.04. The molecule has 1 radical (unpaired) electrons. The Morgan fingerprint density at radius 2 is 2.33 bits per heavy atom. The van der Waals surface area contributed by atoms with Gasteiger partial charge in [-0.15, -0.1) is 5.10 Å². The third-order valence-electron chi connectivity index (χ3n) is 2.12. The van der Waals surface area contributed by atoms with Gasteiger partial charge in [-0.2, -0.15) is 0 Å². The van der Waals surface area contributed by atoms with E-state index in [-0.39, 0.29) is 0 Å². The lowest BCUT2D eigenvalue weighted by Crippen LogP contribution is -1.93. The van der Waals surface area contributed by atoms with Crippen LogP contribution in [-0.2, 0) is 0 Å². The fraction of sp³-hybridized carbons (Fsp3) is 0. The SMILES string of the molecule is Clc1cccc(-n2cc3[nH][c]nc3n2)c1. The molecule has 0 aliphatic heterocycles. The molecule has 0 aliphatic rings. The van der Waals surface area contributed by atoms with Gasteiger partial charge in [0.05, 0.1) is 11.9 Å². The van der Waals surface area contributed by atoms with Gasteiger partial charge < -0.3 is 4.98 Å². The van der Waals surface area contributed by atoms with Gasteiger partial charge in [-0.25, -0.2) is 9.67 Å². The largest absolute Gasteiger partial charge is 0.333 e. The van der Waals surface area contributed by atoms with Crippen LogP contribution in [0.1, 0.15) is 0 Å². The highest BCUT2D eigenvalue weighted by atomic mass is 35.5. The standard InChI is InChI=1S/C10H6ClN4/c11-7-2-1-3-8(4-7)15-5-9-10(14-15)13-6-12-9/h1-5H,(H,12,13,14). The monoisotopic (exact) mass is 217 g/mol. The van der Waals surface area contributed by atoms with E-state index in [9.17, 15) is 0 Å². The molecule has 15 heavy (non-hydrogen) atoms. The number of halogens is 1. The third kappa shape index (κ3) is 1.39. The number of fused-ring (bicyclic) bond motifs is 1. The maximum Gasteiger partial charge on any atom is 0.200 e. The molecule has 0 aliphatic carbocycles. The molecular weight excluding hydrogens is 212 g/mol. The molecule has 0 bridgehead atoms. The summed E-state index contributed by atoms with van der Waals surface area (Å²) in [5, 5.41) is 4.95. The van der Waals surface area contributed by atoms with Crippen molar-refractivity contribution in [3.8, 4) is 5.69 Å². The molecular formula is C10H6ClN4. The second-order valence-electron chi connectivity index (χ2n) is 3.14. The number of hydrogen-bond acceptors (Lipinski definition) is 2.